The van der Waals surface area contributed by atoms with Crippen molar-refractivity contribution in [1.29, 1.82) is 0 Å². The maximum absolute atomic E-state index is 6.67. The van der Waals surface area contributed by atoms with E-state index >= 15 is 0 Å². The van der Waals surface area contributed by atoms with Crippen molar-refractivity contribution in [3.05, 3.63) is 0 Å². The number of nitrogens with two attached hydrogens (primary N) is 1. The van der Waals surface area contributed by atoms with Crippen LogP contribution in [-0.4, -0.2) is 36.2 Å². The van der Waals surface area contributed by atoms with Crippen molar-refractivity contribution >= 4 is 10.5 Å². The standard InChI is InChI=1S/C44H93NO3Si/c1-4-7-10-13-16-19-22-24-26-29-32-35-38-43(39-40-45)44(48-49,46-41-36-33-30-27-21-18-15-12-9-6-3)47-42-37-34-31-28-25-23-20-17-14-11-8-5-2/h43H,4-42,45H2,1-3,49H3. The predicted molar refractivity (Wildman–Crippen MR) is 221 cm³/mol. The van der Waals surface area contributed by atoms with Crippen LogP contribution in [0.4, 0.5) is 0 Å². The summed E-state index contributed by atoms with van der Waals surface area (Å²) in [6, 6.07) is 0. The molecule has 5 heteroatoms. The molecule has 0 aromatic carbocycles. The number of hydrogen-bond donors (Lipinski definition) is 1. The highest BCUT2D eigenvalue weighted by atomic mass is 28.2. The largest absolute Gasteiger partial charge is 0.380 e. The van der Waals surface area contributed by atoms with Crippen LogP contribution in [0.25, 0.3) is 0 Å². The summed E-state index contributed by atoms with van der Waals surface area (Å²) in [7, 11) is 0.614. The molecule has 0 bridgehead atoms. The molecule has 2 atom stereocenters. The second-order valence-corrected chi connectivity index (χ2v) is 15.9. The van der Waals surface area contributed by atoms with Crippen LogP contribution in [0, 0.1) is 5.92 Å². The van der Waals surface area contributed by atoms with Crippen molar-refractivity contribution in [2.45, 2.75) is 258 Å². The molecular weight excluding hydrogens is 619 g/mol. The van der Waals surface area contributed by atoms with Gasteiger partial charge in [-0.3, -0.25) is 0 Å². The van der Waals surface area contributed by atoms with Gasteiger partial charge < -0.3 is 19.6 Å². The van der Waals surface area contributed by atoms with Gasteiger partial charge in [0.25, 0.3) is 5.97 Å². The average molecular weight is 712 g/mol. The fraction of sp³-hybridized carbons (Fsp3) is 1.00. The van der Waals surface area contributed by atoms with Gasteiger partial charge in [-0.1, -0.05) is 226 Å². The molecule has 0 aromatic heterocycles. The Balaban J connectivity index is 4.62. The Hall–Kier alpha value is 0.0569. The SMILES string of the molecule is CCCCCCCCCCCCCCOC(O[SiH3])(OCCCCCCCCCCCC)C(CCN)CCCCCCCCCCCCCC. The van der Waals surface area contributed by atoms with Crippen molar-refractivity contribution in [3.8, 4) is 0 Å². The molecule has 0 spiro atoms. The Morgan fingerprint density at radius 1 is 0.388 bits per heavy atom. The third-order valence-corrected chi connectivity index (χ3v) is 11.4. The van der Waals surface area contributed by atoms with E-state index in [0.717, 1.165) is 38.9 Å². The van der Waals surface area contributed by atoms with Gasteiger partial charge in [0.2, 0.25) is 0 Å². The van der Waals surface area contributed by atoms with Crippen LogP contribution < -0.4 is 5.73 Å². The van der Waals surface area contributed by atoms with Crippen molar-refractivity contribution in [1.82, 2.24) is 0 Å². The molecule has 0 heterocycles. The van der Waals surface area contributed by atoms with Gasteiger partial charge in [0.1, 0.15) is 0 Å². The van der Waals surface area contributed by atoms with Crippen LogP contribution in [-0.2, 0) is 13.9 Å². The maximum Gasteiger partial charge on any atom is 0.275 e. The molecule has 0 aliphatic heterocycles. The van der Waals surface area contributed by atoms with Crippen molar-refractivity contribution in [3.63, 3.8) is 0 Å². The fourth-order valence-electron chi connectivity index (χ4n) is 7.45. The number of rotatable bonds is 43. The van der Waals surface area contributed by atoms with E-state index in [9.17, 15) is 0 Å². The highest BCUT2D eigenvalue weighted by Crippen LogP contribution is 2.33. The van der Waals surface area contributed by atoms with Gasteiger partial charge in [0.05, 0.1) is 13.2 Å². The lowest BCUT2D eigenvalue weighted by Crippen LogP contribution is -2.47. The van der Waals surface area contributed by atoms with E-state index in [1.807, 2.05) is 0 Å². The minimum atomic E-state index is -0.888. The molecule has 0 rings (SSSR count). The molecule has 296 valence electrons. The lowest BCUT2D eigenvalue weighted by atomic mass is 9.94. The molecule has 49 heavy (non-hydrogen) atoms. The number of unbranched alkanes of at least 4 members (excludes halogenated alkanes) is 31. The third kappa shape index (κ3) is 32.4. The van der Waals surface area contributed by atoms with Crippen LogP contribution in [0.5, 0.6) is 0 Å². The summed E-state index contributed by atoms with van der Waals surface area (Å²) in [6.07, 6.45) is 48.2. The summed E-state index contributed by atoms with van der Waals surface area (Å²) in [4.78, 5) is 0. The van der Waals surface area contributed by atoms with E-state index in [1.165, 1.54) is 205 Å². The molecule has 2 N–H and O–H groups in total. The first-order valence-corrected chi connectivity index (χ1v) is 23.5. The van der Waals surface area contributed by atoms with E-state index in [0.29, 0.717) is 17.0 Å². The Bertz CT molecular complexity index is 609. The van der Waals surface area contributed by atoms with Gasteiger partial charge >= 0.3 is 0 Å². The zero-order valence-electron chi connectivity index (χ0n) is 34.5. The predicted octanol–water partition coefficient (Wildman–Crippen LogP) is 13.6. The zero-order valence-corrected chi connectivity index (χ0v) is 36.5. The van der Waals surface area contributed by atoms with Gasteiger partial charge in [-0.25, -0.2) is 0 Å². The molecule has 0 saturated carbocycles. The monoisotopic (exact) mass is 712 g/mol. The maximum atomic E-state index is 6.67. The lowest BCUT2D eigenvalue weighted by Gasteiger charge is -2.39. The van der Waals surface area contributed by atoms with Gasteiger partial charge in [-0.2, -0.15) is 0 Å². The number of ether oxygens (including phenoxy) is 2. The van der Waals surface area contributed by atoms with Crippen molar-refractivity contribution < 1.29 is 13.9 Å². The van der Waals surface area contributed by atoms with Crippen LogP contribution >= 0.6 is 0 Å². The van der Waals surface area contributed by atoms with Crippen LogP contribution in [0.3, 0.4) is 0 Å². The molecule has 0 aliphatic rings. The molecule has 0 fully saturated rings. The smallest absolute Gasteiger partial charge is 0.275 e. The quantitative estimate of drug-likeness (QED) is 0.0389. The topological polar surface area (TPSA) is 53.7 Å². The Morgan fingerprint density at radius 3 is 0.918 bits per heavy atom. The normalized spacial score (nSPS) is 13.7. The van der Waals surface area contributed by atoms with Crippen LogP contribution in [0.1, 0.15) is 252 Å². The van der Waals surface area contributed by atoms with E-state index < -0.39 is 5.97 Å². The van der Waals surface area contributed by atoms with Gasteiger partial charge in [0.15, 0.2) is 10.5 Å². The summed E-state index contributed by atoms with van der Waals surface area (Å²) in [5, 5.41) is 0. The second-order valence-electron chi connectivity index (χ2n) is 15.5. The first kappa shape index (κ1) is 49.1. The van der Waals surface area contributed by atoms with E-state index in [1.54, 1.807) is 0 Å². The molecular formula is C44H93NO3Si. The summed E-state index contributed by atoms with van der Waals surface area (Å²) in [5.41, 5.74) is 6.20. The van der Waals surface area contributed by atoms with Gasteiger partial charge in [-0.15, -0.1) is 0 Å². The van der Waals surface area contributed by atoms with Crippen LogP contribution in [0.2, 0.25) is 0 Å². The minimum Gasteiger partial charge on any atom is -0.380 e. The highest BCUT2D eigenvalue weighted by molar-refractivity contribution is 5.98. The average Bonchev–Trinajstić information content (AvgIpc) is 3.11. The molecule has 4 nitrogen and oxygen atoms in total. The Morgan fingerprint density at radius 2 is 0.653 bits per heavy atom. The zero-order chi connectivity index (χ0) is 35.8. The van der Waals surface area contributed by atoms with Crippen LogP contribution in [0.15, 0.2) is 0 Å². The summed E-state index contributed by atoms with van der Waals surface area (Å²) < 4.78 is 19.7. The minimum absolute atomic E-state index is 0.221. The molecule has 0 radical (unpaired) electrons. The first-order chi connectivity index (χ1) is 24.2. The Labute approximate surface area is 312 Å². The first-order valence-electron chi connectivity index (χ1n) is 22.7. The third-order valence-electron chi connectivity index (χ3n) is 10.8. The summed E-state index contributed by atoms with van der Waals surface area (Å²) in [6.45, 7) is 9.03. The summed E-state index contributed by atoms with van der Waals surface area (Å²) >= 11 is 0. The number of hydrogen-bond acceptors (Lipinski definition) is 4. The molecule has 0 aliphatic carbocycles. The fourth-order valence-corrected chi connectivity index (χ4v) is 8.02. The molecule has 0 aromatic rings. The second kappa shape index (κ2) is 40.8. The van der Waals surface area contributed by atoms with Gasteiger partial charge in [0, 0.05) is 5.92 Å². The Kier molecular flexibility index (Phi) is 40.9. The lowest BCUT2D eigenvalue weighted by molar-refractivity contribution is -0.372. The van der Waals surface area contributed by atoms with E-state index in [4.69, 9.17) is 19.6 Å². The van der Waals surface area contributed by atoms with E-state index in [-0.39, 0.29) is 5.92 Å². The highest BCUT2D eigenvalue weighted by Gasteiger charge is 2.40. The van der Waals surface area contributed by atoms with E-state index in [2.05, 4.69) is 20.8 Å². The molecule has 0 amide bonds. The van der Waals surface area contributed by atoms with Crippen molar-refractivity contribution in [2.75, 3.05) is 19.8 Å². The van der Waals surface area contributed by atoms with Gasteiger partial charge in [-0.05, 0) is 32.2 Å². The molecule has 2 unspecified atom stereocenters. The summed E-state index contributed by atoms with van der Waals surface area (Å²) in [5.74, 6) is -0.668. The molecule has 0 saturated heterocycles. The van der Waals surface area contributed by atoms with Crippen molar-refractivity contribution in [2.24, 2.45) is 11.7 Å².